The van der Waals surface area contributed by atoms with Crippen molar-refractivity contribution < 1.29 is 35.9 Å². The first-order chi connectivity index (χ1) is 13.4. The summed E-state index contributed by atoms with van der Waals surface area (Å²) >= 11 is 0.291. The number of aromatic nitrogens is 1. The normalized spacial score (nSPS) is 20.2. The first kappa shape index (κ1) is 21.1. The molecule has 1 aromatic heterocycles. The quantitative estimate of drug-likeness (QED) is 0.584. The SMILES string of the molecule is CN1C[C@@H](c2ccc(C(F)(F)F)cc2)[C@H](C(=O)Nc2csc(C(F)(F)F)n2)C1=O. The van der Waals surface area contributed by atoms with E-state index in [0.717, 1.165) is 17.5 Å². The number of rotatable bonds is 3. The van der Waals surface area contributed by atoms with E-state index in [-0.39, 0.29) is 12.4 Å². The van der Waals surface area contributed by atoms with E-state index in [4.69, 9.17) is 0 Å². The molecule has 1 aromatic carbocycles. The van der Waals surface area contributed by atoms with Gasteiger partial charge in [0.15, 0.2) is 5.01 Å². The van der Waals surface area contributed by atoms with Gasteiger partial charge in [-0.3, -0.25) is 9.59 Å². The highest BCUT2D eigenvalue weighted by molar-refractivity contribution is 7.10. The number of carbonyl (C=O) groups is 2. The van der Waals surface area contributed by atoms with Gasteiger partial charge in [-0.1, -0.05) is 12.1 Å². The maximum atomic E-state index is 12.7. The summed E-state index contributed by atoms with van der Waals surface area (Å²) in [7, 11) is 1.43. The van der Waals surface area contributed by atoms with Crippen LogP contribution >= 0.6 is 11.3 Å². The molecule has 1 fully saturated rings. The molecule has 0 radical (unpaired) electrons. The molecule has 12 heteroatoms. The van der Waals surface area contributed by atoms with E-state index in [1.54, 1.807) is 0 Å². The Hall–Kier alpha value is -2.63. The molecule has 1 N–H and O–H groups in total. The minimum absolute atomic E-state index is 0.0765. The molecule has 156 valence electrons. The van der Waals surface area contributed by atoms with Crippen LogP contribution in [0.3, 0.4) is 0 Å². The number of benzene rings is 1. The lowest BCUT2D eigenvalue weighted by atomic mass is 9.87. The number of nitrogens with zero attached hydrogens (tertiary/aromatic N) is 2. The second kappa shape index (κ2) is 7.32. The van der Waals surface area contributed by atoms with Gasteiger partial charge < -0.3 is 10.2 Å². The maximum Gasteiger partial charge on any atom is 0.443 e. The van der Waals surface area contributed by atoms with Gasteiger partial charge in [0.1, 0.15) is 11.7 Å². The fourth-order valence-corrected chi connectivity index (χ4v) is 3.70. The van der Waals surface area contributed by atoms with E-state index in [1.165, 1.54) is 24.1 Å². The molecule has 0 saturated carbocycles. The van der Waals surface area contributed by atoms with E-state index in [1.807, 2.05) is 0 Å². The Bertz CT molecular complexity index is 922. The van der Waals surface area contributed by atoms with Crippen molar-refractivity contribution >= 4 is 29.0 Å². The Balaban J connectivity index is 1.82. The van der Waals surface area contributed by atoms with Crippen molar-refractivity contribution in [3.63, 3.8) is 0 Å². The minimum atomic E-state index is -4.67. The average molecular weight is 437 g/mol. The van der Waals surface area contributed by atoms with Crippen molar-refractivity contribution in [3.8, 4) is 0 Å². The van der Waals surface area contributed by atoms with Crippen molar-refractivity contribution in [2.75, 3.05) is 18.9 Å². The molecule has 2 atom stereocenters. The molecule has 2 aromatic rings. The summed E-state index contributed by atoms with van der Waals surface area (Å²) in [5.74, 6) is -3.86. The van der Waals surface area contributed by atoms with Crippen molar-refractivity contribution in [3.05, 3.63) is 45.8 Å². The number of anilines is 1. The zero-order valence-electron chi connectivity index (χ0n) is 14.6. The zero-order chi connectivity index (χ0) is 21.6. The molecular formula is C17H13F6N3O2S. The van der Waals surface area contributed by atoms with E-state index in [2.05, 4.69) is 10.3 Å². The lowest BCUT2D eigenvalue weighted by molar-refractivity contribution is -0.138. The fraction of sp³-hybridized carbons (Fsp3) is 0.353. The Morgan fingerprint density at radius 3 is 2.28 bits per heavy atom. The summed E-state index contributed by atoms with van der Waals surface area (Å²) < 4.78 is 76.2. The molecular weight excluding hydrogens is 424 g/mol. The number of hydrogen-bond acceptors (Lipinski definition) is 4. The number of halogens is 6. The number of likely N-dealkylation sites (tertiary alicyclic amines) is 1. The molecule has 1 saturated heterocycles. The van der Waals surface area contributed by atoms with Crippen molar-refractivity contribution in [1.82, 2.24) is 9.88 Å². The molecule has 5 nitrogen and oxygen atoms in total. The van der Waals surface area contributed by atoms with Gasteiger partial charge in [-0.05, 0) is 17.7 Å². The third-order valence-electron chi connectivity index (χ3n) is 4.46. The minimum Gasteiger partial charge on any atom is -0.344 e. The summed E-state index contributed by atoms with van der Waals surface area (Å²) in [5, 5.41) is 2.04. The highest BCUT2D eigenvalue weighted by Crippen LogP contribution is 2.37. The number of alkyl halides is 6. The molecule has 1 aliphatic rings. The van der Waals surface area contributed by atoms with Crippen molar-refractivity contribution in [2.24, 2.45) is 5.92 Å². The Labute approximate surface area is 164 Å². The van der Waals surface area contributed by atoms with Crippen LogP contribution in [-0.2, 0) is 21.9 Å². The van der Waals surface area contributed by atoms with Crippen LogP contribution in [-0.4, -0.2) is 35.3 Å². The molecule has 0 unspecified atom stereocenters. The van der Waals surface area contributed by atoms with Crippen LogP contribution in [0.4, 0.5) is 32.2 Å². The highest BCUT2D eigenvalue weighted by atomic mass is 32.1. The molecule has 2 heterocycles. The van der Waals surface area contributed by atoms with Gasteiger partial charge >= 0.3 is 12.4 Å². The Morgan fingerprint density at radius 2 is 1.76 bits per heavy atom. The van der Waals surface area contributed by atoms with Gasteiger partial charge in [0, 0.05) is 24.9 Å². The van der Waals surface area contributed by atoms with Gasteiger partial charge in [0.25, 0.3) is 0 Å². The predicted octanol–water partition coefficient (Wildman–Crippen LogP) is 3.99. The Morgan fingerprint density at radius 1 is 1.14 bits per heavy atom. The maximum absolute atomic E-state index is 12.7. The number of carbonyl (C=O) groups excluding carboxylic acids is 2. The van der Waals surface area contributed by atoms with Crippen molar-refractivity contribution in [1.29, 1.82) is 0 Å². The number of nitrogens with one attached hydrogen (secondary N) is 1. The van der Waals surface area contributed by atoms with Crippen molar-refractivity contribution in [2.45, 2.75) is 18.3 Å². The third-order valence-corrected chi connectivity index (χ3v) is 5.35. The van der Waals surface area contributed by atoms with E-state index in [9.17, 15) is 35.9 Å². The van der Waals surface area contributed by atoms with E-state index in [0.29, 0.717) is 16.9 Å². The molecule has 29 heavy (non-hydrogen) atoms. The largest absolute Gasteiger partial charge is 0.443 e. The summed E-state index contributed by atoms with van der Waals surface area (Å²) in [6.07, 6.45) is -9.20. The molecule has 0 spiro atoms. The zero-order valence-corrected chi connectivity index (χ0v) is 15.5. The lowest BCUT2D eigenvalue weighted by Crippen LogP contribution is -2.32. The van der Waals surface area contributed by atoms with Crippen LogP contribution < -0.4 is 5.32 Å². The van der Waals surface area contributed by atoms with E-state index < -0.39 is 46.6 Å². The highest BCUT2D eigenvalue weighted by Gasteiger charge is 2.45. The number of amides is 2. The van der Waals surface area contributed by atoms with Gasteiger partial charge in [0.05, 0.1) is 5.56 Å². The number of likely N-dealkylation sites (N-methyl/N-ethyl adjacent to an activating group) is 1. The summed E-state index contributed by atoms with van der Waals surface area (Å²) in [6, 6.07) is 4.07. The molecule has 0 aliphatic carbocycles. The predicted molar refractivity (Wildman–Crippen MR) is 91.1 cm³/mol. The van der Waals surface area contributed by atoms with Gasteiger partial charge in [0.2, 0.25) is 11.8 Å². The standard InChI is InChI=1S/C17H13F6N3O2S/c1-26-6-10(8-2-4-9(5-3-8)16(18,19)20)12(14(26)28)13(27)24-11-7-29-15(25-11)17(21,22)23/h2-5,7,10,12H,6H2,1H3,(H,24,27)/t10-,12+/m0/s1. The van der Waals surface area contributed by atoms with Crippen LogP contribution in [0, 0.1) is 5.92 Å². The van der Waals surface area contributed by atoms with Crippen LogP contribution in [0.1, 0.15) is 22.1 Å². The third kappa shape index (κ3) is 4.36. The first-order valence-electron chi connectivity index (χ1n) is 8.13. The first-order valence-corrected chi connectivity index (χ1v) is 9.01. The molecule has 0 bridgehead atoms. The van der Waals surface area contributed by atoms with Gasteiger partial charge in [-0.25, -0.2) is 4.98 Å². The Kier molecular flexibility index (Phi) is 5.32. The number of thiazole rings is 1. The summed E-state index contributed by atoms with van der Waals surface area (Å²) in [6.45, 7) is 0.0765. The van der Waals surface area contributed by atoms with Gasteiger partial charge in [-0.2, -0.15) is 26.3 Å². The summed E-state index contributed by atoms with van der Waals surface area (Å²) in [5.41, 5.74) is -0.535. The van der Waals surface area contributed by atoms with Crippen LogP contribution in [0.5, 0.6) is 0 Å². The molecule has 3 rings (SSSR count). The average Bonchev–Trinajstić information content (AvgIpc) is 3.19. The smallest absolute Gasteiger partial charge is 0.344 e. The van der Waals surface area contributed by atoms with Crippen LogP contribution in [0.2, 0.25) is 0 Å². The lowest BCUT2D eigenvalue weighted by Gasteiger charge is -2.17. The second-order valence-electron chi connectivity index (χ2n) is 6.45. The van der Waals surface area contributed by atoms with Crippen LogP contribution in [0.25, 0.3) is 0 Å². The van der Waals surface area contributed by atoms with E-state index >= 15 is 0 Å². The molecule has 2 amide bonds. The fourth-order valence-electron chi connectivity index (χ4n) is 3.08. The van der Waals surface area contributed by atoms with Crippen LogP contribution in [0.15, 0.2) is 29.6 Å². The van der Waals surface area contributed by atoms with Gasteiger partial charge in [-0.15, -0.1) is 11.3 Å². The second-order valence-corrected chi connectivity index (χ2v) is 7.31. The monoisotopic (exact) mass is 437 g/mol. The molecule has 1 aliphatic heterocycles. The number of hydrogen-bond donors (Lipinski definition) is 1. The topological polar surface area (TPSA) is 62.3 Å². The summed E-state index contributed by atoms with van der Waals surface area (Å²) in [4.78, 5) is 29.5.